The Morgan fingerprint density at radius 1 is 0.947 bits per heavy atom. The zero-order chi connectivity index (χ0) is 14.2. The van der Waals surface area contributed by atoms with Crippen LogP contribution in [0.25, 0.3) is 0 Å². The van der Waals surface area contributed by atoms with Crippen LogP contribution in [-0.4, -0.2) is 0 Å². The summed E-state index contributed by atoms with van der Waals surface area (Å²) < 4.78 is 1.01. The second kappa shape index (κ2) is 6.21. The fourth-order valence-corrected chi connectivity index (χ4v) is 3.07. The van der Waals surface area contributed by atoms with Crippen molar-refractivity contribution in [3.8, 4) is 0 Å². The van der Waals surface area contributed by atoms with Gasteiger partial charge in [-0.3, -0.25) is 0 Å². The molecule has 2 aromatic carbocycles. The van der Waals surface area contributed by atoms with Crippen molar-refractivity contribution in [3.63, 3.8) is 0 Å². The molecule has 0 radical (unpaired) electrons. The Morgan fingerprint density at radius 2 is 1.58 bits per heavy atom. The molecule has 0 saturated carbocycles. The van der Waals surface area contributed by atoms with Crippen LogP contribution in [0.15, 0.2) is 30.3 Å². The van der Waals surface area contributed by atoms with Gasteiger partial charge in [0.15, 0.2) is 0 Å². The van der Waals surface area contributed by atoms with Crippen LogP contribution in [0.5, 0.6) is 0 Å². The fourth-order valence-electron chi connectivity index (χ4n) is 1.85. The summed E-state index contributed by atoms with van der Waals surface area (Å²) in [6.07, 6.45) is 0. The minimum Gasteiger partial charge on any atom is -0.113 e. The van der Waals surface area contributed by atoms with E-state index in [4.69, 9.17) is 34.8 Å². The van der Waals surface area contributed by atoms with E-state index >= 15 is 0 Å². The third kappa shape index (κ3) is 3.38. The van der Waals surface area contributed by atoms with Gasteiger partial charge in [-0.2, -0.15) is 0 Å². The number of hydrogen-bond acceptors (Lipinski definition) is 0. The van der Waals surface area contributed by atoms with E-state index in [1.165, 1.54) is 11.1 Å². The summed E-state index contributed by atoms with van der Waals surface area (Å²) in [7, 11) is 0. The van der Waals surface area contributed by atoms with Gasteiger partial charge < -0.3 is 0 Å². The maximum atomic E-state index is 6.54. The van der Waals surface area contributed by atoms with Gasteiger partial charge in [-0.15, -0.1) is 11.6 Å². The number of rotatable bonds is 2. The van der Waals surface area contributed by atoms with Crippen LogP contribution in [0, 0.1) is 17.4 Å². The molecule has 0 aliphatic rings. The summed E-state index contributed by atoms with van der Waals surface area (Å²) in [4.78, 5) is 0. The average Bonchev–Trinajstić information content (AvgIpc) is 2.36. The molecule has 0 aliphatic heterocycles. The number of aryl methyl sites for hydroxylation is 2. The van der Waals surface area contributed by atoms with Crippen LogP contribution in [0.2, 0.25) is 10.0 Å². The highest BCUT2D eigenvalue weighted by Gasteiger charge is 2.16. The number of hydrogen-bond donors (Lipinski definition) is 0. The number of benzene rings is 2. The van der Waals surface area contributed by atoms with Gasteiger partial charge in [-0.1, -0.05) is 35.3 Å². The molecule has 19 heavy (non-hydrogen) atoms. The zero-order valence-electron chi connectivity index (χ0n) is 10.5. The van der Waals surface area contributed by atoms with Gasteiger partial charge >= 0.3 is 0 Å². The molecule has 100 valence electrons. The standard InChI is InChI=1S/C15H12Cl3I/c1-8-5-11(12(16)6-9(8)2)15(18)10-3-4-14(19)13(17)7-10/h3-7,15H,1-2H3. The molecule has 0 aliphatic carbocycles. The lowest BCUT2D eigenvalue weighted by Crippen LogP contribution is -1.97. The Kier molecular flexibility index (Phi) is 5.04. The lowest BCUT2D eigenvalue weighted by molar-refractivity contribution is 1.12. The molecule has 0 N–H and O–H groups in total. The summed E-state index contributed by atoms with van der Waals surface area (Å²) >= 11 is 21.2. The summed E-state index contributed by atoms with van der Waals surface area (Å²) in [5.41, 5.74) is 4.22. The normalized spacial score (nSPS) is 12.5. The van der Waals surface area contributed by atoms with E-state index in [-0.39, 0.29) is 5.38 Å². The van der Waals surface area contributed by atoms with Gasteiger partial charge in [0.25, 0.3) is 0 Å². The van der Waals surface area contributed by atoms with Crippen LogP contribution >= 0.6 is 57.4 Å². The average molecular weight is 426 g/mol. The van der Waals surface area contributed by atoms with Crippen molar-refractivity contribution in [2.75, 3.05) is 0 Å². The van der Waals surface area contributed by atoms with Gasteiger partial charge in [0, 0.05) is 8.59 Å². The maximum Gasteiger partial charge on any atom is 0.0850 e. The number of halogens is 4. The summed E-state index contributed by atoms with van der Waals surface area (Å²) in [5.74, 6) is 0. The van der Waals surface area contributed by atoms with Crippen LogP contribution in [-0.2, 0) is 0 Å². The largest absolute Gasteiger partial charge is 0.113 e. The van der Waals surface area contributed by atoms with Crippen molar-refractivity contribution in [3.05, 3.63) is 66.2 Å². The van der Waals surface area contributed by atoms with E-state index in [0.717, 1.165) is 14.7 Å². The van der Waals surface area contributed by atoms with E-state index in [9.17, 15) is 0 Å². The second-order valence-electron chi connectivity index (χ2n) is 4.49. The van der Waals surface area contributed by atoms with Gasteiger partial charge in [0.1, 0.15) is 0 Å². The van der Waals surface area contributed by atoms with Crippen molar-refractivity contribution in [1.82, 2.24) is 0 Å². The van der Waals surface area contributed by atoms with Crippen molar-refractivity contribution in [2.24, 2.45) is 0 Å². The first-order chi connectivity index (χ1) is 8.90. The van der Waals surface area contributed by atoms with E-state index in [1.807, 2.05) is 37.3 Å². The molecule has 0 saturated heterocycles. The van der Waals surface area contributed by atoms with Crippen molar-refractivity contribution >= 4 is 57.4 Å². The molecule has 0 bridgehead atoms. The van der Waals surface area contributed by atoms with Gasteiger partial charge in [0.05, 0.1) is 10.4 Å². The van der Waals surface area contributed by atoms with Crippen molar-refractivity contribution in [1.29, 1.82) is 0 Å². The second-order valence-corrected chi connectivity index (χ2v) is 6.91. The zero-order valence-corrected chi connectivity index (χ0v) is 14.9. The molecule has 0 nitrogen and oxygen atoms in total. The molecule has 1 atom stereocenters. The molecule has 0 spiro atoms. The topological polar surface area (TPSA) is 0 Å². The Balaban J connectivity index is 2.46. The van der Waals surface area contributed by atoms with E-state index in [0.29, 0.717) is 10.0 Å². The smallest absolute Gasteiger partial charge is 0.0850 e. The van der Waals surface area contributed by atoms with Crippen molar-refractivity contribution < 1.29 is 0 Å². The van der Waals surface area contributed by atoms with E-state index in [1.54, 1.807) is 0 Å². The summed E-state index contributed by atoms with van der Waals surface area (Å²) in [6, 6.07) is 9.84. The highest BCUT2D eigenvalue weighted by Crippen LogP contribution is 2.36. The lowest BCUT2D eigenvalue weighted by Gasteiger charge is -2.15. The minimum absolute atomic E-state index is 0.290. The monoisotopic (exact) mass is 424 g/mol. The van der Waals surface area contributed by atoms with Crippen LogP contribution in [0.4, 0.5) is 0 Å². The van der Waals surface area contributed by atoms with Crippen molar-refractivity contribution in [2.45, 2.75) is 19.2 Å². The molecule has 2 aromatic rings. The lowest BCUT2D eigenvalue weighted by atomic mass is 10.00. The van der Waals surface area contributed by atoms with Gasteiger partial charge in [-0.25, -0.2) is 0 Å². The van der Waals surface area contributed by atoms with Gasteiger partial charge in [0.2, 0.25) is 0 Å². The SMILES string of the molecule is Cc1cc(Cl)c(C(Cl)c2ccc(I)c(Cl)c2)cc1C. The molecule has 0 fully saturated rings. The summed E-state index contributed by atoms with van der Waals surface area (Å²) in [5, 5.41) is 1.11. The van der Waals surface area contributed by atoms with Gasteiger partial charge in [-0.05, 0) is 76.9 Å². The first-order valence-corrected chi connectivity index (χ1v) is 8.03. The molecule has 0 heterocycles. The Hall–Kier alpha value is 0.0400. The quantitative estimate of drug-likeness (QED) is 0.378. The molecule has 4 heteroatoms. The molecular formula is C15H12Cl3I. The molecule has 0 amide bonds. The Bertz CT molecular complexity index is 623. The van der Waals surface area contributed by atoms with Crippen LogP contribution in [0.1, 0.15) is 27.6 Å². The Labute approximate surface area is 142 Å². The first-order valence-electron chi connectivity index (χ1n) is 5.76. The molecular weight excluding hydrogens is 413 g/mol. The molecule has 2 rings (SSSR count). The fraction of sp³-hybridized carbons (Fsp3) is 0.200. The first kappa shape index (κ1) is 15.4. The van der Waals surface area contributed by atoms with E-state index < -0.39 is 0 Å². The van der Waals surface area contributed by atoms with Crippen LogP contribution in [0.3, 0.4) is 0 Å². The summed E-state index contributed by atoms with van der Waals surface area (Å²) in [6.45, 7) is 4.09. The highest BCUT2D eigenvalue weighted by atomic mass is 127. The third-order valence-electron chi connectivity index (χ3n) is 3.12. The highest BCUT2D eigenvalue weighted by molar-refractivity contribution is 14.1. The molecule has 1 unspecified atom stereocenters. The number of alkyl halides is 1. The molecule has 0 aromatic heterocycles. The predicted octanol–water partition coefficient (Wildman–Crippen LogP) is 6.54. The van der Waals surface area contributed by atoms with E-state index in [2.05, 4.69) is 29.5 Å². The maximum absolute atomic E-state index is 6.54. The third-order valence-corrected chi connectivity index (χ3v) is 5.51. The van der Waals surface area contributed by atoms with Crippen LogP contribution < -0.4 is 0 Å². The predicted molar refractivity (Wildman–Crippen MR) is 92.8 cm³/mol. The minimum atomic E-state index is -0.290. The Morgan fingerprint density at radius 3 is 2.21 bits per heavy atom.